The van der Waals surface area contributed by atoms with Gasteiger partial charge in [0.1, 0.15) is 5.25 Å². The fraction of sp³-hybridized carbons (Fsp3) is 0.222. The molecule has 0 aromatic heterocycles. The minimum absolute atomic E-state index is 0.0393. The predicted molar refractivity (Wildman–Crippen MR) is 87.0 cm³/mol. The highest BCUT2D eigenvalue weighted by Gasteiger charge is 2.77. The van der Waals surface area contributed by atoms with Crippen molar-refractivity contribution < 1.29 is 18.3 Å². The monoisotopic (exact) mass is 341 g/mol. The van der Waals surface area contributed by atoms with Gasteiger partial charge in [-0.2, -0.15) is 5.26 Å². The van der Waals surface area contributed by atoms with E-state index in [4.69, 9.17) is 0 Å². The van der Waals surface area contributed by atoms with E-state index in [1.54, 1.807) is 48.5 Å². The Bertz CT molecular complexity index is 929. The predicted octanol–water partition coefficient (Wildman–Crippen LogP) is 2.53. The first-order valence-corrected chi connectivity index (χ1v) is 8.90. The maximum absolute atomic E-state index is 13.0. The Morgan fingerprint density at radius 1 is 1.12 bits per heavy atom. The molecule has 0 radical (unpaired) electrons. The van der Waals surface area contributed by atoms with E-state index in [9.17, 15) is 23.6 Å². The van der Waals surface area contributed by atoms with E-state index >= 15 is 0 Å². The van der Waals surface area contributed by atoms with Crippen molar-refractivity contribution in [3.8, 4) is 6.07 Å². The molecule has 0 bridgehead atoms. The van der Waals surface area contributed by atoms with Gasteiger partial charge < -0.3 is 5.11 Å². The van der Waals surface area contributed by atoms with Gasteiger partial charge in [-0.05, 0) is 24.6 Å². The summed E-state index contributed by atoms with van der Waals surface area (Å²) >= 11 is 0. The third kappa shape index (κ3) is 2.21. The summed E-state index contributed by atoms with van der Waals surface area (Å²) in [5, 5.41) is 17.8. The van der Waals surface area contributed by atoms with Crippen LogP contribution in [0.1, 0.15) is 17.0 Å². The SMILES string of the molecule is Cc1ccc(S(=O)(=O)[C@H]2[C@@H](c3ccccc3)[C@@]2(C#N)C(=O)O)cc1. The van der Waals surface area contributed by atoms with Crippen LogP contribution < -0.4 is 0 Å². The third-order valence-corrected chi connectivity index (χ3v) is 6.76. The summed E-state index contributed by atoms with van der Waals surface area (Å²) in [7, 11) is -3.95. The molecule has 0 aliphatic heterocycles. The number of nitriles is 1. The Labute approximate surface area is 140 Å². The molecule has 0 saturated heterocycles. The quantitative estimate of drug-likeness (QED) is 0.922. The lowest BCUT2D eigenvalue weighted by Gasteiger charge is -2.05. The van der Waals surface area contributed by atoms with Gasteiger partial charge in [0, 0.05) is 5.92 Å². The highest BCUT2D eigenvalue weighted by molar-refractivity contribution is 7.92. The number of carbonyl (C=O) groups is 1. The largest absolute Gasteiger partial charge is 0.480 e. The fourth-order valence-corrected chi connectivity index (χ4v) is 5.44. The third-order valence-electron chi connectivity index (χ3n) is 4.51. The van der Waals surface area contributed by atoms with Gasteiger partial charge in [-0.25, -0.2) is 8.42 Å². The fourth-order valence-electron chi connectivity index (χ4n) is 3.19. The zero-order chi connectivity index (χ0) is 17.5. The van der Waals surface area contributed by atoms with Crippen molar-refractivity contribution in [3.05, 3.63) is 65.7 Å². The van der Waals surface area contributed by atoms with Crippen molar-refractivity contribution in [1.82, 2.24) is 0 Å². The summed E-state index contributed by atoms with van der Waals surface area (Å²) in [5.41, 5.74) is -0.512. The van der Waals surface area contributed by atoms with Gasteiger partial charge in [0.25, 0.3) is 0 Å². The summed E-state index contributed by atoms with van der Waals surface area (Å²) in [6, 6.07) is 16.4. The zero-order valence-corrected chi connectivity index (χ0v) is 13.7. The molecule has 1 saturated carbocycles. The highest BCUT2D eigenvalue weighted by Crippen LogP contribution is 2.63. The molecule has 0 unspecified atom stereocenters. The van der Waals surface area contributed by atoms with E-state index in [0.29, 0.717) is 5.56 Å². The molecule has 0 heterocycles. The Hall–Kier alpha value is -2.65. The molecule has 24 heavy (non-hydrogen) atoms. The van der Waals surface area contributed by atoms with E-state index in [2.05, 4.69) is 0 Å². The van der Waals surface area contributed by atoms with E-state index in [-0.39, 0.29) is 4.90 Å². The van der Waals surface area contributed by atoms with E-state index in [0.717, 1.165) is 5.56 Å². The molecule has 1 aliphatic carbocycles. The van der Waals surface area contributed by atoms with Gasteiger partial charge in [0.15, 0.2) is 15.3 Å². The maximum Gasteiger partial charge on any atom is 0.326 e. The molecule has 5 nitrogen and oxygen atoms in total. The minimum Gasteiger partial charge on any atom is -0.480 e. The molecule has 3 atom stereocenters. The lowest BCUT2D eigenvalue weighted by molar-refractivity contribution is -0.141. The van der Waals surface area contributed by atoms with Crippen molar-refractivity contribution in [2.45, 2.75) is 23.0 Å². The van der Waals surface area contributed by atoms with Crippen LogP contribution in [0.4, 0.5) is 0 Å². The minimum atomic E-state index is -3.95. The molecule has 2 aromatic rings. The standard InChI is InChI=1S/C18H15NO4S/c1-12-7-9-14(10-8-12)24(22,23)16-15(13-5-3-2-4-6-13)18(16,11-19)17(20)21/h2-10,15-16H,1H3,(H,20,21)/t15-,16+,18-/m1/s1. The number of hydrogen-bond acceptors (Lipinski definition) is 4. The maximum atomic E-state index is 13.0. The first-order chi connectivity index (χ1) is 11.4. The molecule has 122 valence electrons. The van der Waals surface area contributed by atoms with Crippen LogP contribution in [-0.4, -0.2) is 24.7 Å². The molecule has 1 aliphatic rings. The van der Waals surface area contributed by atoms with Gasteiger partial charge >= 0.3 is 5.97 Å². The number of carboxylic acids is 1. The number of carboxylic acid groups (broad SMARTS) is 1. The van der Waals surface area contributed by atoms with Gasteiger partial charge in [-0.1, -0.05) is 48.0 Å². The number of rotatable bonds is 4. The molecule has 1 fully saturated rings. The van der Waals surface area contributed by atoms with E-state index in [1.807, 2.05) is 6.92 Å². The van der Waals surface area contributed by atoms with Gasteiger partial charge in [-0.3, -0.25) is 4.79 Å². The van der Waals surface area contributed by atoms with Crippen LogP contribution in [0.15, 0.2) is 59.5 Å². The van der Waals surface area contributed by atoms with Crippen LogP contribution in [0, 0.1) is 23.7 Å². The Kier molecular flexibility index (Phi) is 3.69. The lowest BCUT2D eigenvalue weighted by Crippen LogP contribution is -2.22. The zero-order valence-electron chi connectivity index (χ0n) is 12.9. The molecule has 2 aromatic carbocycles. The number of nitrogens with zero attached hydrogens (tertiary/aromatic N) is 1. The number of aliphatic carboxylic acids is 1. The smallest absolute Gasteiger partial charge is 0.326 e. The summed E-state index contributed by atoms with van der Waals surface area (Å²) in [6.45, 7) is 1.83. The highest BCUT2D eigenvalue weighted by atomic mass is 32.2. The van der Waals surface area contributed by atoms with Gasteiger partial charge in [-0.15, -0.1) is 0 Å². The van der Waals surface area contributed by atoms with Crippen molar-refractivity contribution in [2.24, 2.45) is 5.41 Å². The summed E-state index contributed by atoms with van der Waals surface area (Å²) < 4.78 is 25.9. The van der Waals surface area contributed by atoms with Crippen LogP contribution in [0.3, 0.4) is 0 Å². The molecular weight excluding hydrogens is 326 g/mol. The lowest BCUT2D eigenvalue weighted by atomic mass is 10.0. The van der Waals surface area contributed by atoms with Gasteiger partial charge in [0.2, 0.25) is 0 Å². The second kappa shape index (κ2) is 5.46. The van der Waals surface area contributed by atoms with Crippen molar-refractivity contribution in [3.63, 3.8) is 0 Å². The molecule has 0 spiro atoms. The van der Waals surface area contributed by atoms with Crippen LogP contribution in [0.2, 0.25) is 0 Å². The van der Waals surface area contributed by atoms with Crippen molar-refractivity contribution in [2.75, 3.05) is 0 Å². The van der Waals surface area contributed by atoms with Crippen LogP contribution in [0.5, 0.6) is 0 Å². The second-order valence-corrected chi connectivity index (χ2v) is 8.02. The number of benzene rings is 2. The van der Waals surface area contributed by atoms with Crippen molar-refractivity contribution in [1.29, 1.82) is 5.26 Å². The Morgan fingerprint density at radius 3 is 2.21 bits per heavy atom. The van der Waals surface area contributed by atoms with E-state index in [1.165, 1.54) is 12.1 Å². The molecule has 1 N–H and O–H groups in total. The van der Waals surface area contributed by atoms with Crippen LogP contribution >= 0.6 is 0 Å². The summed E-state index contributed by atoms with van der Waals surface area (Å²) in [6.07, 6.45) is 0. The Morgan fingerprint density at radius 2 is 1.71 bits per heavy atom. The number of sulfone groups is 1. The van der Waals surface area contributed by atoms with E-state index < -0.39 is 32.4 Å². The topological polar surface area (TPSA) is 95.2 Å². The Balaban J connectivity index is 2.13. The second-order valence-electron chi connectivity index (χ2n) is 5.95. The summed E-state index contributed by atoms with van der Waals surface area (Å²) in [5.74, 6) is -2.29. The average Bonchev–Trinajstić information content (AvgIpc) is 3.28. The molecule has 6 heteroatoms. The van der Waals surface area contributed by atoms with Gasteiger partial charge in [0.05, 0.1) is 11.0 Å². The first-order valence-electron chi connectivity index (χ1n) is 7.36. The number of aryl methyl sites for hydroxylation is 1. The molecule has 0 amide bonds. The first kappa shape index (κ1) is 16.2. The van der Waals surface area contributed by atoms with Crippen molar-refractivity contribution >= 4 is 15.8 Å². The molecule has 3 rings (SSSR count). The normalized spacial score (nSPS) is 25.7. The summed E-state index contributed by atoms with van der Waals surface area (Å²) in [4.78, 5) is 11.8. The van der Waals surface area contributed by atoms with Crippen LogP contribution in [0.25, 0.3) is 0 Å². The van der Waals surface area contributed by atoms with Crippen LogP contribution in [-0.2, 0) is 14.6 Å². The molecular formula is C18H15NO4S. The number of hydrogen-bond donors (Lipinski definition) is 1. The average molecular weight is 341 g/mol.